The van der Waals surface area contributed by atoms with Gasteiger partial charge >= 0.3 is 0 Å². The molecule has 0 saturated carbocycles. The lowest BCUT2D eigenvalue weighted by atomic mass is 10.2. The fraction of sp³-hybridized carbons (Fsp3) is 1.00. The van der Waals surface area contributed by atoms with Gasteiger partial charge in [-0.2, -0.15) is 0 Å². The van der Waals surface area contributed by atoms with Crippen LogP contribution in [0.15, 0.2) is 0 Å². The van der Waals surface area contributed by atoms with Crippen molar-refractivity contribution in [2.45, 2.75) is 32.8 Å². The monoisotopic (exact) mass is 133 g/mol. The largest absolute Gasteiger partial charge is 0.356 e. The van der Waals surface area contributed by atoms with Crippen molar-refractivity contribution < 1.29 is 9.84 Å². The van der Waals surface area contributed by atoms with E-state index in [-0.39, 0.29) is 5.60 Å². The molecular formula is C6H15NO2. The molecule has 56 valence electrons. The van der Waals surface area contributed by atoms with Gasteiger partial charge in [-0.1, -0.05) is 0 Å². The minimum atomic E-state index is -0.856. The Bertz CT molecular complexity index is 77.6. The maximum Gasteiger partial charge on any atom is 0.213 e. The van der Waals surface area contributed by atoms with Crippen molar-refractivity contribution in [3.63, 3.8) is 0 Å². The number of aliphatic hydroxyl groups excluding tert-OH is 1. The molecule has 0 amide bonds. The van der Waals surface area contributed by atoms with E-state index in [1.807, 2.05) is 20.8 Å². The second-order valence-corrected chi connectivity index (χ2v) is 2.87. The van der Waals surface area contributed by atoms with Crippen LogP contribution in [0, 0.1) is 0 Å². The van der Waals surface area contributed by atoms with Gasteiger partial charge in [0, 0.05) is 0 Å². The molecule has 1 atom stereocenters. The molecule has 0 heterocycles. The van der Waals surface area contributed by atoms with Crippen molar-refractivity contribution in [1.82, 2.24) is 5.32 Å². The Kier molecular flexibility index (Phi) is 3.11. The zero-order chi connectivity index (χ0) is 7.49. The summed E-state index contributed by atoms with van der Waals surface area (Å²) >= 11 is 0. The van der Waals surface area contributed by atoms with Crippen molar-refractivity contribution in [1.29, 1.82) is 0 Å². The van der Waals surface area contributed by atoms with Gasteiger partial charge < -0.3 is 9.84 Å². The molecule has 9 heavy (non-hydrogen) atoms. The predicted molar refractivity (Wildman–Crippen MR) is 35.9 cm³/mol. The first kappa shape index (κ1) is 8.88. The molecule has 0 aromatic carbocycles. The Hall–Kier alpha value is -0.120. The average molecular weight is 133 g/mol. The molecule has 0 rings (SSSR count). The highest BCUT2D eigenvalue weighted by Crippen LogP contribution is 2.07. The summed E-state index contributed by atoms with van der Waals surface area (Å²) in [6, 6.07) is 0. The summed E-state index contributed by atoms with van der Waals surface area (Å²) in [6.07, 6.45) is -0.856. The SMILES string of the molecule is CNC(O)OC(C)(C)C. The van der Waals surface area contributed by atoms with Crippen LogP contribution in [-0.2, 0) is 4.74 Å². The van der Waals surface area contributed by atoms with Crippen LogP contribution in [0.25, 0.3) is 0 Å². The minimum Gasteiger partial charge on any atom is -0.356 e. The van der Waals surface area contributed by atoms with E-state index in [1.165, 1.54) is 0 Å². The van der Waals surface area contributed by atoms with Crippen LogP contribution in [0.1, 0.15) is 20.8 Å². The first-order valence-corrected chi connectivity index (χ1v) is 2.99. The van der Waals surface area contributed by atoms with E-state index in [0.717, 1.165) is 0 Å². The maximum atomic E-state index is 8.86. The zero-order valence-corrected chi connectivity index (χ0v) is 6.43. The standard InChI is InChI=1S/C6H15NO2/c1-6(2,3)9-5(8)7-4/h5,7-8H,1-4H3. The molecule has 0 aromatic rings. The fourth-order valence-electron chi connectivity index (χ4n) is 0.394. The van der Waals surface area contributed by atoms with Crippen molar-refractivity contribution in [2.75, 3.05) is 7.05 Å². The van der Waals surface area contributed by atoms with Gasteiger partial charge in [-0.05, 0) is 27.8 Å². The molecule has 3 nitrogen and oxygen atoms in total. The van der Waals surface area contributed by atoms with Crippen molar-refractivity contribution in [3.05, 3.63) is 0 Å². The highest BCUT2D eigenvalue weighted by atomic mass is 16.6. The molecule has 0 aliphatic heterocycles. The predicted octanol–water partition coefficient (Wildman–Crippen LogP) is 0.297. The summed E-state index contributed by atoms with van der Waals surface area (Å²) in [5.41, 5.74) is -0.289. The van der Waals surface area contributed by atoms with Crippen LogP contribution < -0.4 is 5.32 Å². The van der Waals surface area contributed by atoms with Crippen LogP contribution in [0.4, 0.5) is 0 Å². The summed E-state index contributed by atoms with van der Waals surface area (Å²) in [4.78, 5) is 0. The second-order valence-electron chi connectivity index (χ2n) is 2.87. The first-order valence-electron chi connectivity index (χ1n) is 2.99. The van der Waals surface area contributed by atoms with E-state index in [2.05, 4.69) is 5.32 Å². The third kappa shape index (κ3) is 5.76. The molecule has 0 saturated heterocycles. The van der Waals surface area contributed by atoms with Crippen LogP contribution in [0.2, 0.25) is 0 Å². The lowest BCUT2D eigenvalue weighted by molar-refractivity contribution is -0.178. The number of ether oxygens (including phenoxy) is 1. The molecular weight excluding hydrogens is 118 g/mol. The summed E-state index contributed by atoms with van der Waals surface area (Å²) < 4.78 is 5.03. The van der Waals surface area contributed by atoms with E-state index in [0.29, 0.717) is 0 Å². The third-order valence-electron chi connectivity index (χ3n) is 0.712. The van der Waals surface area contributed by atoms with Gasteiger partial charge in [-0.3, -0.25) is 5.32 Å². The maximum absolute atomic E-state index is 8.86. The Morgan fingerprint density at radius 1 is 1.44 bits per heavy atom. The molecule has 0 radical (unpaired) electrons. The summed E-state index contributed by atoms with van der Waals surface area (Å²) in [5.74, 6) is 0. The quantitative estimate of drug-likeness (QED) is 0.532. The van der Waals surface area contributed by atoms with Gasteiger partial charge in [0.2, 0.25) is 6.41 Å². The minimum absolute atomic E-state index is 0.289. The Morgan fingerprint density at radius 3 is 2.00 bits per heavy atom. The lowest BCUT2D eigenvalue weighted by Gasteiger charge is -2.22. The first-order chi connectivity index (χ1) is 3.95. The van der Waals surface area contributed by atoms with E-state index >= 15 is 0 Å². The highest BCUT2D eigenvalue weighted by molar-refractivity contribution is 4.58. The Morgan fingerprint density at radius 2 is 1.89 bits per heavy atom. The number of hydrogen-bond acceptors (Lipinski definition) is 3. The van der Waals surface area contributed by atoms with Crippen LogP contribution >= 0.6 is 0 Å². The summed E-state index contributed by atoms with van der Waals surface area (Å²) in [7, 11) is 1.64. The lowest BCUT2D eigenvalue weighted by Crippen LogP contribution is -2.35. The average Bonchev–Trinajstić information content (AvgIpc) is 1.62. The van der Waals surface area contributed by atoms with E-state index in [1.54, 1.807) is 7.05 Å². The summed E-state index contributed by atoms with van der Waals surface area (Å²) in [6.45, 7) is 5.65. The van der Waals surface area contributed by atoms with Crippen molar-refractivity contribution in [3.8, 4) is 0 Å². The molecule has 1 unspecified atom stereocenters. The Labute approximate surface area is 56.0 Å². The molecule has 0 aromatic heterocycles. The van der Waals surface area contributed by atoms with Gasteiger partial charge in [0.25, 0.3) is 0 Å². The topological polar surface area (TPSA) is 41.5 Å². The molecule has 2 N–H and O–H groups in total. The number of hydrogen-bond donors (Lipinski definition) is 2. The van der Waals surface area contributed by atoms with Gasteiger partial charge in [-0.25, -0.2) is 0 Å². The van der Waals surface area contributed by atoms with E-state index < -0.39 is 6.41 Å². The normalized spacial score (nSPS) is 15.7. The van der Waals surface area contributed by atoms with Crippen molar-refractivity contribution >= 4 is 0 Å². The molecule has 0 aliphatic rings. The zero-order valence-electron chi connectivity index (χ0n) is 6.43. The molecule has 0 bridgehead atoms. The third-order valence-corrected chi connectivity index (χ3v) is 0.712. The van der Waals surface area contributed by atoms with Gasteiger partial charge in [-0.15, -0.1) is 0 Å². The highest BCUT2D eigenvalue weighted by Gasteiger charge is 2.14. The van der Waals surface area contributed by atoms with Crippen molar-refractivity contribution in [2.24, 2.45) is 0 Å². The number of nitrogens with one attached hydrogen (secondary N) is 1. The second kappa shape index (κ2) is 3.15. The molecule has 0 spiro atoms. The van der Waals surface area contributed by atoms with Crippen LogP contribution in [0.3, 0.4) is 0 Å². The smallest absolute Gasteiger partial charge is 0.213 e. The van der Waals surface area contributed by atoms with Gasteiger partial charge in [0.15, 0.2) is 0 Å². The van der Waals surface area contributed by atoms with E-state index in [9.17, 15) is 0 Å². The van der Waals surface area contributed by atoms with Gasteiger partial charge in [0.1, 0.15) is 0 Å². The Balaban J connectivity index is 3.47. The number of aliphatic hydroxyl groups is 1. The summed E-state index contributed by atoms with van der Waals surface area (Å²) in [5, 5.41) is 11.4. The van der Waals surface area contributed by atoms with Crippen LogP contribution in [0.5, 0.6) is 0 Å². The van der Waals surface area contributed by atoms with Crippen LogP contribution in [-0.4, -0.2) is 24.2 Å². The molecule has 3 heteroatoms. The molecule has 0 aliphatic carbocycles. The van der Waals surface area contributed by atoms with Gasteiger partial charge in [0.05, 0.1) is 5.60 Å². The van der Waals surface area contributed by atoms with E-state index in [4.69, 9.17) is 9.84 Å². The number of rotatable bonds is 2. The fourth-order valence-corrected chi connectivity index (χ4v) is 0.394. The molecule has 0 fully saturated rings.